The Morgan fingerprint density at radius 1 is 0.304 bits per heavy atom. The van der Waals surface area contributed by atoms with Gasteiger partial charge in [0.1, 0.15) is 11.0 Å². The predicted octanol–water partition coefficient (Wildman–Crippen LogP) is 9.13. The molecular weight excluding hydrogens is 754 g/mol. The van der Waals surface area contributed by atoms with Crippen LogP contribution in [-0.4, -0.2) is 23.4 Å². The molecule has 0 N–H and O–H groups in total. The topological polar surface area (TPSA) is 25.8 Å². The molecule has 6 heterocycles. The average Bonchev–Trinajstić information content (AvgIpc) is 3.25. The van der Waals surface area contributed by atoms with Gasteiger partial charge in [0.2, 0.25) is 0 Å². The highest BCUT2D eigenvalue weighted by Crippen LogP contribution is 2.47. The zero-order valence-corrected chi connectivity index (χ0v) is 32.8. The standard InChI is InChI=1S/C48H24B2N2S4/c1-5-13-29-25(9-1)17-21-33-37(29)49-39-31-15-7-3-11-27(31)19-23-35(39)55-47-41(49)45(53-33)43-44(51-47)46-42-48(52-43)56-36-24-20-28-12-4-8-16-32(28)40(36)50(42)38-30-14-6-2-10-26(30)18-22-34(38)54-46/h1-24H. The van der Waals surface area contributed by atoms with E-state index in [4.69, 9.17) is 9.97 Å². The molecule has 8 aromatic carbocycles. The summed E-state index contributed by atoms with van der Waals surface area (Å²) in [5.74, 6) is 0. The van der Waals surface area contributed by atoms with Gasteiger partial charge in [0, 0.05) is 29.4 Å². The zero-order chi connectivity index (χ0) is 36.2. The third-order valence-corrected chi connectivity index (χ3v) is 16.9. The Kier molecular flexibility index (Phi) is 6.24. The lowest BCUT2D eigenvalue weighted by atomic mass is 9.35. The number of fused-ring (bicyclic) bond motifs is 19. The molecule has 0 saturated carbocycles. The van der Waals surface area contributed by atoms with Crippen molar-refractivity contribution in [3.63, 3.8) is 0 Å². The van der Waals surface area contributed by atoms with Crippen molar-refractivity contribution in [3.05, 3.63) is 146 Å². The van der Waals surface area contributed by atoms with Gasteiger partial charge >= 0.3 is 0 Å². The number of benzene rings is 8. The molecule has 56 heavy (non-hydrogen) atoms. The van der Waals surface area contributed by atoms with Crippen LogP contribution in [-0.2, 0) is 0 Å². The zero-order valence-electron chi connectivity index (χ0n) is 29.5. The molecule has 0 spiro atoms. The van der Waals surface area contributed by atoms with Crippen molar-refractivity contribution < 1.29 is 0 Å². The summed E-state index contributed by atoms with van der Waals surface area (Å²) in [4.78, 5) is 19.3. The Morgan fingerprint density at radius 2 is 0.607 bits per heavy atom. The maximum absolute atomic E-state index is 5.80. The van der Waals surface area contributed by atoms with Crippen LogP contribution >= 0.6 is 47.0 Å². The van der Waals surface area contributed by atoms with E-state index in [1.54, 1.807) is 0 Å². The van der Waals surface area contributed by atoms with Crippen molar-refractivity contribution in [2.45, 2.75) is 39.4 Å². The van der Waals surface area contributed by atoms with E-state index in [1.807, 2.05) is 47.0 Å². The van der Waals surface area contributed by atoms with Gasteiger partial charge in [-0.15, -0.1) is 0 Å². The summed E-state index contributed by atoms with van der Waals surface area (Å²) in [6.45, 7) is 0.0889. The number of hydrogen-bond acceptors (Lipinski definition) is 6. The monoisotopic (exact) mass is 778 g/mol. The summed E-state index contributed by atoms with van der Waals surface area (Å²) in [6.07, 6.45) is 0. The second-order valence-electron chi connectivity index (χ2n) is 15.1. The number of pyridine rings is 2. The molecule has 0 radical (unpaired) electrons. The third-order valence-electron chi connectivity index (χ3n) is 12.3. The molecule has 0 saturated heterocycles. The Morgan fingerprint density at radius 3 is 0.946 bits per heavy atom. The normalized spacial score (nSPS) is 14.4. The summed E-state index contributed by atoms with van der Waals surface area (Å²) >= 11 is 7.50. The van der Waals surface area contributed by atoms with E-state index in [1.165, 1.54) is 105 Å². The molecule has 0 fully saturated rings. The van der Waals surface area contributed by atoms with Crippen LogP contribution in [0.4, 0.5) is 0 Å². The molecule has 0 atom stereocenters. The summed E-state index contributed by atoms with van der Waals surface area (Å²) in [7, 11) is 0. The van der Waals surface area contributed by atoms with E-state index in [-0.39, 0.29) is 13.4 Å². The number of aromatic nitrogens is 2. The van der Waals surface area contributed by atoms with E-state index < -0.39 is 0 Å². The summed E-state index contributed by atoms with van der Waals surface area (Å²) in [5.41, 5.74) is 10.3. The molecule has 0 aliphatic carbocycles. The van der Waals surface area contributed by atoms with Gasteiger partial charge in [-0.1, -0.05) is 168 Å². The molecule has 2 aromatic heterocycles. The van der Waals surface area contributed by atoms with Gasteiger partial charge in [-0.3, -0.25) is 0 Å². The highest BCUT2D eigenvalue weighted by molar-refractivity contribution is 8.02. The highest BCUT2D eigenvalue weighted by Gasteiger charge is 2.45. The van der Waals surface area contributed by atoms with Gasteiger partial charge in [0.15, 0.2) is 0 Å². The molecule has 0 bridgehead atoms. The van der Waals surface area contributed by atoms with Gasteiger partial charge in [-0.2, -0.15) is 0 Å². The van der Waals surface area contributed by atoms with Crippen LogP contribution < -0.4 is 32.8 Å². The predicted molar refractivity (Wildman–Crippen MR) is 241 cm³/mol. The van der Waals surface area contributed by atoms with Crippen molar-refractivity contribution in [2.75, 3.05) is 0 Å². The van der Waals surface area contributed by atoms with Crippen LogP contribution in [0, 0.1) is 0 Å². The van der Waals surface area contributed by atoms with Gasteiger partial charge < -0.3 is 0 Å². The second kappa shape index (κ2) is 11.3. The summed E-state index contributed by atoms with van der Waals surface area (Å²) in [5, 5.41) is 12.6. The van der Waals surface area contributed by atoms with Gasteiger partial charge in [0.05, 0.1) is 10.1 Å². The molecule has 4 aliphatic heterocycles. The first-order valence-corrected chi connectivity index (χ1v) is 22.2. The first kappa shape index (κ1) is 31.0. The van der Waals surface area contributed by atoms with Crippen molar-refractivity contribution in [1.82, 2.24) is 9.97 Å². The van der Waals surface area contributed by atoms with Crippen LogP contribution in [0.5, 0.6) is 0 Å². The lowest BCUT2D eigenvalue weighted by molar-refractivity contribution is 1.09. The van der Waals surface area contributed by atoms with Crippen LogP contribution in [0.25, 0.3) is 54.1 Å². The van der Waals surface area contributed by atoms with Crippen molar-refractivity contribution >= 4 is 147 Å². The summed E-state index contributed by atoms with van der Waals surface area (Å²) in [6, 6.07) is 54.2. The lowest BCUT2D eigenvalue weighted by Gasteiger charge is -2.36. The molecule has 256 valence electrons. The molecule has 0 amide bonds. The average molecular weight is 779 g/mol. The van der Waals surface area contributed by atoms with Gasteiger partial charge in [0.25, 0.3) is 13.4 Å². The summed E-state index contributed by atoms with van der Waals surface area (Å²) < 4.78 is 0. The Balaban J connectivity index is 1.11. The fraction of sp³-hybridized carbons (Fsp3) is 0. The Hall–Kier alpha value is -5.11. The van der Waals surface area contributed by atoms with Gasteiger partial charge in [-0.05, 0) is 100 Å². The Labute approximate surface area is 340 Å². The van der Waals surface area contributed by atoms with E-state index in [0.29, 0.717) is 0 Å². The maximum Gasteiger partial charge on any atom is 0.250 e. The van der Waals surface area contributed by atoms with Crippen molar-refractivity contribution in [2.24, 2.45) is 0 Å². The molecule has 14 rings (SSSR count). The largest absolute Gasteiger partial charge is 0.250 e. The highest BCUT2D eigenvalue weighted by atomic mass is 32.2. The quantitative estimate of drug-likeness (QED) is 0.143. The van der Waals surface area contributed by atoms with E-state index in [2.05, 4.69) is 146 Å². The van der Waals surface area contributed by atoms with Crippen molar-refractivity contribution in [1.29, 1.82) is 0 Å². The van der Waals surface area contributed by atoms with Gasteiger partial charge in [-0.25, -0.2) is 9.97 Å². The third kappa shape index (κ3) is 4.03. The van der Waals surface area contributed by atoms with E-state index in [9.17, 15) is 0 Å². The smallest absolute Gasteiger partial charge is 0.239 e. The molecule has 0 unspecified atom stereocenters. The van der Waals surface area contributed by atoms with E-state index >= 15 is 0 Å². The van der Waals surface area contributed by atoms with Crippen LogP contribution in [0.3, 0.4) is 0 Å². The Bertz CT molecular complexity index is 3150. The molecule has 8 heteroatoms. The minimum absolute atomic E-state index is 0.0445. The second-order valence-corrected chi connectivity index (χ2v) is 19.3. The molecule has 10 aromatic rings. The minimum Gasteiger partial charge on any atom is -0.239 e. The minimum atomic E-state index is 0.0445. The number of rotatable bonds is 0. The fourth-order valence-corrected chi connectivity index (χ4v) is 15.0. The fourth-order valence-electron chi connectivity index (χ4n) is 10.0. The van der Waals surface area contributed by atoms with Crippen LogP contribution in [0.2, 0.25) is 0 Å². The SMILES string of the molecule is c1ccc2c3c(ccc2c1)Sc1nc2c4c5c(nc2c2c1B3c1c(ccc3ccccc13)S2)Sc1ccc2ccccc2c1B5c1c(ccc2ccccc12)S4. The number of hydrogen-bond donors (Lipinski definition) is 0. The molecule has 4 aliphatic rings. The van der Waals surface area contributed by atoms with Crippen LogP contribution in [0.15, 0.2) is 185 Å². The lowest BCUT2D eigenvalue weighted by Crippen LogP contribution is -2.59. The first-order chi connectivity index (χ1) is 27.8. The number of nitrogens with zero attached hydrogens (tertiary/aromatic N) is 2. The van der Waals surface area contributed by atoms with E-state index in [0.717, 1.165) is 21.1 Å². The molecular formula is C48H24B2N2S4. The van der Waals surface area contributed by atoms with Crippen LogP contribution in [0.1, 0.15) is 0 Å². The maximum atomic E-state index is 5.80. The van der Waals surface area contributed by atoms with Crippen molar-refractivity contribution in [3.8, 4) is 0 Å². The first-order valence-electron chi connectivity index (χ1n) is 19.0. The molecule has 2 nitrogen and oxygen atoms in total.